The molecule has 5 heteroatoms. The van der Waals surface area contributed by atoms with Gasteiger partial charge < -0.3 is 9.16 Å². The first-order valence-electron chi connectivity index (χ1n) is 8.52. The molecule has 0 saturated heterocycles. The molecule has 2 rings (SSSR count). The summed E-state index contributed by atoms with van der Waals surface area (Å²) in [5, 5.41) is 0.112. The maximum absolute atomic E-state index is 12.6. The summed E-state index contributed by atoms with van der Waals surface area (Å²) < 4.78 is 13.0. The lowest BCUT2D eigenvalue weighted by Gasteiger charge is -2.37. The maximum atomic E-state index is 12.6. The van der Waals surface area contributed by atoms with E-state index in [4.69, 9.17) is 9.16 Å². The molecule has 0 amide bonds. The van der Waals surface area contributed by atoms with Gasteiger partial charge in [-0.15, -0.1) is 0 Å². The van der Waals surface area contributed by atoms with E-state index in [1.807, 2.05) is 24.3 Å². The van der Waals surface area contributed by atoms with Crippen molar-refractivity contribution < 1.29 is 14.0 Å². The van der Waals surface area contributed by atoms with Crippen LogP contribution in [0.25, 0.3) is 5.57 Å². The van der Waals surface area contributed by atoms with Crippen molar-refractivity contribution in [3.63, 3.8) is 0 Å². The molecule has 1 aromatic carbocycles. The zero-order valence-corrected chi connectivity index (χ0v) is 18.3. The molecule has 25 heavy (non-hydrogen) atoms. The Morgan fingerprint density at radius 3 is 2.64 bits per heavy atom. The lowest BCUT2D eigenvalue weighted by molar-refractivity contribution is -0.114. The molecule has 1 aliphatic carbocycles. The summed E-state index contributed by atoms with van der Waals surface area (Å²) in [6.45, 7) is 15.1. The summed E-state index contributed by atoms with van der Waals surface area (Å²) in [4.78, 5) is 12.6. The van der Waals surface area contributed by atoms with E-state index in [2.05, 4.69) is 56.4 Å². The van der Waals surface area contributed by atoms with Crippen molar-refractivity contribution in [1.29, 1.82) is 0 Å². The van der Waals surface area contributed by atoms with E-state index in [0.29, 0.717) is 24.4 Å². The molecule has 0 radical (unpaired) electrons. The number of ether oxygens (including phenoxy) is 1. The van der Waals surface area contributed by atoms with Gasteiger partial charge in [-0.1, -0.05) is 45.6 Å². The summed E-state index contributed by atoms with van der Waals surface area (Å²) in [5.74, 6) is 0.778. The number of hydrogen-bond acceptors (Lipinski definition) is 3. The van der Waals surface area contributed by atoms with Crippen molar-refractivity contribution in [2.45, 2.75) is 51.4 Å². The third-order valence-corrected chi connectivity index (χ3v) is 10.0. The molecule has 136 valence electrons. The Labute approximate surface area is 160 Å². The summed E-state index contributed by atoms with van der Waals surface area (Å²) in [6, 6.07) is 5.74. The van der Waals surface area contributed by atoms with Crippen molar-refractivity contribution in [3.05, 3.63) is 47.0 Å². The van der Waals surface area contributed by atoms with E-state index < -0.39 is 8.32 Å². The number of hydrogen-bond donors (Lipinski definition) is 0. The zero-order chi connectivity index (χ0) is 18.8. The molecule has 0 saturated carbocycles. The van der Waals surface area contributed by atoms with Crippen LogP contribution in [-0.4, -0.2) is 26.8 Å². The Kier molecular flexibility index (Phi) is 6.12. The SMILES string of the molecule is C=CCOc1c(Br)cccc1C1=CC(O[Si](C)(C)C(C)(C)C)CC1=O. The van der Waals surface area contributed by atoms with Gasteiger partial charge in [0, 0.05) is 17.6 Å². The summed E-state index contributed by atoms with van der Waals surface area (Å²) >= 11 is 3.51. The maximum Gasteiger partial charge on any atom is 0.192 e. The molecule has 1 atom stereocenters. The van der Waals surface area contributed by atoms with E-state index in [1.165, 1.54) is 0 Å². The molecule has 0 bridgehead atoms. The Morgan fingerprint density at radius 2 is 2.04 bits per heavy atom. The quantitative estimate of drug-likeness (QED) is 0.431. The van der Waals surface area contributed by atoms with Gasteiger partial charge in [-0.05, 0) is 46.2 Å². The molecule has 1 aliphatic rings. The number of rotatable bonds is 6. The monoisotopic (exact) mass is 422 g/mol. The van der Waals surface area contributed by atoms with Crippen LogP contribution in [0.3, 0.4) is 0 Å². The highest BCUT2D eigenvalue weighted by atomic mass is 79.9. The van der Waals surface area contributed by atoms with Crippen LogP contribution < -0.4 is 4.74 Å². The second kappa shape index (κ2) is 7.60. The molecule has 0 N–H and O–H groups in total. The topological polar surface area (TPSA) is 35.5 Å². The van der Waals surface area contributed by atoms with E-state index in [0.717, 1.165) is 10.0 Å². The van der Waals surface area contributed by atoms with Gasteiger partial charge >= 0.3 is 0 Å². The Bertz CT molecular complexity index is 701. The fourth-order valence-corrected chi connectivity index (χ4v) is 4.25. The van der Waals surface area contributed by atoms with Crippen LogP contribution in [0.4, 0.5) is 0 Å². The molecule has 0 aliphatic heterocycles. The number of halogens is 1. The highest BCUT2D eigenvalue weighted by Gasteiger charge is 2.40. The van der Waals surface area contributed by atoms with E-state index in [-0.39, 0.29) is 16.9 Å². The standard InChI is InChI=1S/C20H27BrO3Si/c1-7-11-23-19-15(9-8-10-17(19)21)16-12-14(13-18(16)22)24-25(5,6)20(2,3)4/h7-10,12,14H,1,11,13H2,2-6H3. The average molecular weight is 423 g/mol. The normalized spacial score (nSPS) is 18.2. The summed E-state index contributed by atoms with van der Waals surface area (Å²) in [6.07, 6.45) is 3.90. The molecular formula is C20H27BrO3Si. The van der Waals surface area contributed by atoms with E-state index in [1.54, 1.807) is 6.08 Å². The number of benzene rings is 1. The molecule has 0 fully saturated rings. The summed E-state index contributed by atoms with van der Waals surface area (Å²) in [5.41, 5.74) is 1.49. The third kappa shape index (κ3) is 4.52. The Balaban J connectivity index is 2.33. The van der Waals surface area contributed by atoms with Crippen molar-refractivity contribution in [1.82, 2.24) is 0 Å². The van der Waals surface area contributed by atoms with Gasteiger partial charge in [0.2, 0.25) is 0 Å². The van der Waals surface area contributed by atoms with Crippen molar-refractivity contribution in [2.24, 2.45) is 0 Å². The van der Waals surface area contributed by atoms with Gasteiger partial charge in [0.1, 0.15) is 12.4 Å². The van der Waals surface area contributed by atoms with Crippen LogP contribution in [0, 0.1) is 0 Å². The van der Waals surface area contributed by atoms with Crippen LogP contribution in [0.15, 0.2) is 41.4 Å². The second-order valence-electron chi connectivity index (χ2n) is 7.84. The molecule has 0 aromatic heterocycles. The molecule has 0 spiro atoms. The average Bonchev–Trinajstić information content (AvgIpc) is 2.84. The first-order chi connectivity index (χ1) is 11.6. The Morgan fingerprint density at radius 1 is 1.36 bits per heavy atom. The van der Waals surface area contributed by atoms with Crippen LogP contribution in [0.2, 0.25) is 18.1 Å². The molecule has 1 aromatic rings. The van der Waals surface area contributed by atoms with Crippen LogP contribution in [0.5, 0.6) is 5.75 Å². The van der Waals surface area contributed by atoms with Gasteiger partial charge in [0.25, 0.3) is 0 Å². The number of allylic oxidation sites excluding steroid dienone is 1. The summed E-state index contributed by atoms with van der Waals surface area (Å²) in [7, 11) is -1.93. The first-order valence-corrected chi connectivity index (χ1v) is 12.2. The predicted molar refractivity (Wildman–Crippen MR) is 110 cm³/mol. The lowest BCUT2D eigenvalue weighted by Crippen LogP contribution is -2.43. The number of carbonyl (C=O) groups is 1. The minimum atomic E-state index is -1.93. The van der Waals surface area contributed by atoms with Crippen LogP contribution in [0.1, 0.15) is 32.8 Å². The fraction of sp³-hybridized carbons (Fsp3) is 0.450. The minimum Gasteiger partial charge on any atom is -0.488 e. The van der Waals surface area contributed by atoms with Crippen LogP contribution in [-0.2, 0) is 9.22 Å². The lowest BCUT2D eigenvalue weighted by atomic mass is 10.0. The van der Waals surface area contributed by atoms with E-state index >= 15 is 0 Å². The largest absolute Gasteiger partial charge is 0.488 e. The molecule has 3 nitrogen and oxygen atoms in total. The van der Waals surface area contributed by atoms with Gasteiger partial charge in [-0.2, -0.15) is 0 Å². The minimum absolute atomic E-state index is 0.102. The third-order valence-electron chi connectivity index (χ3n) is 4.89. The number of carbonyl (C=O) groups excluding carboxylic acids is 1. The molecule has 0 heterocycles. The second-order valence-corrected chi connectivity index (χ2v) is 13.5. The van der Waals surface area contributed by atoms with Gasteiger partial charge in [0.05, 0.1) is 10.6 Å². The highest BCUT2D eigenvalue weighted by molar-refractivity contribution is 9.10. The van der Waals surface area contributed by atoms with Crippen molar-refractivity contribution >= 4 is 35.6 Å². The van der Waals surface area contributed by atoms with Gasteiger partial charge in [-0.25, -0.2) is 0 Å². The highest BCUT2D eigenvalue weighted by Crippen LogP contribution is 2.41. The number of Topliss-reactive ketones (excluding diaryl/α,β-unsaturated/α-hetero) is 1. The van der Waals surface area contributed by atoms with Gasteiger partial charge in [0.15, 0.2) is 14.1 Å². The van der Waals surface area contributed by atoms with Crippen molar-refractivity contribution in [2.75, 3.05) is 6.61 Å². The van der Waals surface area contributed by atoms with Crippen molar-refractivity contribution in [3.8, 4) is 5.75 Å². The Hall–Kier alpha value is -1.17. The predicted octanol–water partition coefficient (Wildman–Crippen LogP) is 5.76. The first kappa shape index (κ1) is 20.1. The zero-order valence-electron chi connectivity index (χ0n) is 15.7. The smallest absolute Gasteiger partial charge is 0.192 e. The number of para-hydroxylation sites is 1. The molecular weight excluding hydrogens is 396 g/mol. The fourth-order valence-electron chi connectivity index (χ4n) is 2.51. The van der Waals surface area contributed by atoms with Crippen LogP contribution >= 0.6 is 15.9 Å². The number of ketones is 1. The van der Waals surface area contributed by atoms with Gasteiger partial charge in [-0.3, -0.25) is 4.79 Å². The van der Waals surface area contributed by atoms with E-state index in [9.17, 15) is 4.79 Å². The molecule has 1 unspecified atom stereocenters.